The van der Waals surface area contributed by atoms with Gasteiger partial charge in [0.2, 0.25) is 23.0 Å². The molecule has 2 aliphatic carbocycles. The highest BCUT2D eigenvalue weighted by atomic mass is 16.5. The van der Waals surface area contributed by atoms with Crippen molar-refractivity contribution in [1.29, 1.82) is 0 Å². The molecule has 1 fully saturated rings. The summed E-state index contributed by atoms with van der Waals surface area (Å²) in [6, 6.07) is 6.63. The number of carboxylic acids is 1. The summed E-state index contributed by atoms with van der Waals surface area (Å²) < 4.78 is 17.1. The van der Waals surface area contributed by atoms with E-state index >= 15 is 0 Å². The minimum Gasteiger partial charge on any atom is -0.493 e. The van der Waals surface area contributed by atoms with Gasteiger partial charge in [-0.15, -0.1) is 0 Å². The van der Waals surface area contributed by atoms with Gasteiger partial charge in [0.1, 0.15) is 0 Å². The number of methoxy groups -OCH3 is 3. The molecule has 0 aliphatic heterocycles. The monoisotopic (exact) mass is 623 g/mol. The maximum absolute atomic E-state index is 13.5. The van der Waals surface area contributed by atoms with E-state index in [1.807, 2.05) is 12.1 Å². The van der Waals surface area contributed by atoms with E-state index in [2.05, 4.69) is 16.0 Å². The van der Waals surface area contributed by atoms with E-state index in [0.717, 1.165) is 48.8 Å². The lowest BCUT2D eigenvalue weighted by atomic mass is 9.71. The second-order valence-corrected chi connectivity index (χ2v) is 12.0. The predicted molar refractivity (Wildman–Crippen MR) is 171 cm³/mol. The Bertz CT molecular complexity index is 1470. The van der Waals surface area contributed by atoms with Crippen LogP contribution in [-0.4, -0.2) is 57.3 Å². The molecule has 0 aromatic heterocycles. The first-order valence-corrected chi connectivity index (χ1v) is 15.6. The van der Waals surface area contributed by atoms with Gasteiger partial charge < -0.3 is 35.3 Å². The van der Waals surface area contributed by atoms with E-state index in [0.29, 0.717) is 60.9 Å². The number of aryl methyl sites for hydroxylation is 1. The molecule has 0 radical (unpaired) electrons. The van der Waals surface area contributed by atoms with Crippen LogP contribution in [-0.2, 0) is 20.8 Å². The number of carbonyl (C=O) groups excluding carboxylic acids is 2. The lowest BCUT2D eigenvalue weighted by molar-refractivity contribution is -0.140. The molecule has 11 nitrogen and oxygen atoms in total. The van der Waals surface area contributed by atoms with E-state index in [4.69, 9.17) is 14.2 Å². The van der Waals surface area contributed by atoms with Gasteiger partial charge in [-0.25, -0.2) is 0 Å². The molecule has 244 valence electrons. The van der Waals surface area contributed by atoms with Crippen LogP contribution in [0.1, 0.15) is 81.9 Å². The lowest BCUT2D eigenvalue weighted by Gasteiger charge is -2.36. The van der Waals surface area contributed by atoms with Gasteiger partial charge >= 0.3 is 5.97 Å². The average molecular weight is 624 g/mol. The number of hydrogen-bond donors (Lipinski definition) is 4. The summed E-state index contributed by atoms with van der Waals surface area (Å²) in [5.74, 6) is 0.276. The fourth-order valence-electron chi connectivity index (χ4n) is 6.74. The van der Waals surface area contributed by atoms with Gasteiger partial charge in [0.25, 0.3) is 0 Å². The Hall–Kier alpha value is -4.28. The average Bonchev–Trinajstić information content (AvgIpc) is 3.25. The molecule has 0 unspecified atom stereocenters. The van der Waals surface area contributed by atoms with Gasteiger partial charge in [-0.2, -0.15) is 0 Å². The highest BCUT2D eigenvalue weighted by molar-refractivity contribution is 5.84. The molecule has 2 aliphatic rings. The number of fused-ring (bicyclic) bond motifs is 3. The van der Waals surface area contributed by atoms with Gasteiger partial charge in [0.05, 0.1) is 39.5 Å². The van der Waals surface area contributed by atoms with Crippen molar-refractivity contribution in [3.63, 3.8) is 0 Å². The van der Waals surface area contributed by atoms with E-state index < -0.39 is 12.0 Å². The summed E-state index contributed by atoms with van der Waals surface area (Å²) >= 11 is 0. The fraction of sp³-hybridized carbons (Fsp3) is 0.529. The number of nitrogens with one attached hydrogen (secondary N) is 3. The van der Waals surface area contributed by atoms with Crippen molar-refractivity contribution in [2.24, 2.45) is 5.41 Å². The Labute approximate surface area is 264 Å². The number of anilines is 1. The Kier molecular flexibility index (Phi) is 11.3. The molecule has 2 amide bonds. The normalized spacial score (nSPS) is 16.7. The van der Waals surface area contributed by atoms with Crippen LogP contribution in [0.5, 0.6) is 17.2 Å². The predicted octanol–water partition coefficient (Wildman–Crippen LogP) is 4.60. The first-order chi connectivity index (χ1) is 21.6. The minimum absolute atomic E-state index is 0.0651. The molecular weight excluding hydrogens is 578 g/mol. The number of aliphatic carboxylic acids is 1. The number of benzene rings is 1. The highest BCUT2D eigenvalue weighted by Gasteiger charge is 2.35. The van der Waals surface area contributed by atoms with Crippen molar-refractivity contribution >= 4 is 23.5 Å². The Balaban J connectivity index is 1.53. The lowest BCUT2D eigenvalue weighted by Crippen LogP contribution is -2.40. The molecular formula is C34H45N3O8. The number of amides is 2. The summed E-state index contributed by atoms with van der Waals surface area (Å²) in [5.41, 5.74) is 2.87. The first-order valence-electron chi connectivity index (χ1n) is 15.6. The smallest absolute Gasteiger partial charge is 0.303 e. The van der Waals surface area contributed by atoms with Crippen LogP contribution in [0.4, 0.5) is 5.69 Å². The molecule has 0 spiro atoms. The number of carbonyl (C=O) groups is 3. The third-order valence-corrected chi connectivity index (χ3v) is 8.91. The zero-order valence-electron chi connectivity index (χ0n) is 26.7. The molecule has 1 saturated carbocycles. The number of rotatable bonds is 13. The summed E-state index contributed by atoms with van der Waals surface area (Å²) in [6.45, 7) is 2.21. The van der Waals surface area contributed by atoms with Gasteiger partial charge in [0.15, 0.2) is 11.5 Å². The van der Waals surface area contributed by atoms with Crippen LogP contribution >= 0.6 is 0 Å². The van der Waals surface area contributed by atoms with Crippen molar-refractivity contribution in [2.75, 3.05) is 39.7 Å². The van der Waals surface area contributed by atoms with E-state index in [1.54, 1.807) is 26.4 Å². The minimum atomic E-state index is -0.832. The Morgan fingerprint density at radius 1 is 1.00 bits per heavy atom. The second kappa shape index (κ2) is 15.1. The molecule has 4 rings (SSSR count). The van der Waals surface area contributed by atoms with Gasteiger partial charge in [-0.3, -0.25) is 19.2 Å². The summed E-state index contributed by atoms with van der Waals surface area (Å²) in [6.07, 6.45) is 6.64. The van der Waals surface area contributed by atoms with Crippen LogP contribution in [0.3, 0.4) is 0 Å². The summed E-state index contributed by atoms with van der Waals surface area (Å²) in [4.78, 5) is 49.7. The third kappa shape index (κ3) is 8.06. The summed E-state index contributed by atoms with van der Waals surface area (Å²) in [7, 11) is 4.66. The number of hydrogen-bond acceptors (Lipinski definition) is 8. The van der Waals surface area contributed by atoms with Crippen LogP contribution in [0, 0.1) is 5.41 Å². The van der Waals surface area contributed by atoms with Gasteiger partial charge in [-0.05, 0) is 72.4 Å². The topological polar surface area (TPSA) is 152 Å². The third-order valence-electron chi connectivity index (χ3n) is 8.91. The van der Waals surface area contributed by atoms with Crippen molar-refractivity contribution in [3.05, 3.63) is 45.6 Å². The van der Waals surface area contributed by atoms with Crippen molar-refractivity contribution in [1.82, 2.24) is 10.6 Å². The van der Waals surface area contributed by atoms with Crippen molar-refractivity contribution < 1.29 is 33.7 Å². The van der Waals surface area contributed by atoms with Crippen LogP contribution in [0.15, 0.2) is 29.1 Å². The number of ether oxygens (including phenoxy) is 3. The maximum atomic E-state index is 13.5. The number of carboxylic acid groups (broad SMARTS) is 1. The molecule has 1 atom stereocenters. The Morgan fingerprint density at radius 3 is 2.38 bits per heavy atom. The Morgan fingerprint density at radius 2 is 1.73 bits per heavy atom. The van der Waals surface area contributed by atoms with E-state index in [-0.39, 0.29) is 35.5 Å². The van der Waals surface area contributed by atoms with Crippen LogP contribution < -0.4 is 35.6 Å². The molecule has 11 heteroatoms. The molecule has 0 bridgehead atoms. The molecule has 2 aromatic rings. The maximum Gasteiger partial charge on any atom is 0.303 e. The van der Waals surface area contributed by atoms with Gasteiger partial charge in [0, 0.05) is 32.0 Å². The molecule has 2 aromatic carbocycles. The zero-order chi connectivity index (χ0) is 32.6. The van der Waals surface area contributed by atoms with Crippen LogP contribution in [0.25, 0.3) is 11.1 Å². The van der Waals surface area contributed by atoms with Crippen molar-refractivity contribution in [2.45, 2.75) is 77.2 Å². The molecule has 4 N–H and O–H groups in total. The van der Waals surface area contributed by atoms with E-state index in [9.17, 15) is 24.3 Å². The fourth-order valence-corrected chi connectivity index (χ4v) is 6.74. The second-order valence-electron chi connectivity index (χ2n) is 12.0. The largest absolute Gasteiger partial charge is 0.493 e. The SMILES string of the molecule is COc1cc2c(c(OC)c1OC)-c1ccc(NCCCC(=O)NCC3(CC(=O)O)CCCCC3)c(=O)cc1[C@H](NC(C)=O)CC2. The first kappa shape index (κ1) is 33.6. The van der Waals surface area contributed by atoms with E-state index in [1.165, 1.54) is 14.0 Å². The zero-order valence-corrected chi connectivity index (χ0v) is 26.7. The summed E-state index contributed by atoms with van der Waals surface area (Å²) in [5, 5.41) is 18.5. The molecule has 45 heavy (non-hydrogen) atoms. The standard InChI is InChI=1S/C34H45N3O8/c1-21(38)37-25-12-10-22-17-28(43-2)32(44-3)33(45-4)31(22)23-11-13-26(27(39)18-24(23)25)35-16-8-9-29(40)36-20-34(19-30(41)42)14-6-5-7-15-34/h11,13,17-18,25H,5-10,12,14-16,19-20H2,1-4H3,(H,35,39)(H,36,40)(H,37,38)(H,41,42)/t25-/m1/s1. The molecule has 0 heterocycles. The van der Waals surface area contributed by atoms with Crippen LogP contribution in [0.2, 0.25) is 0 Å². The molecule has 0 saturated heterocycles. The highest BCUT2D eigenvalue weighted by Crippen LogP contribution is 2.50. The van der Waals surface area contributed by atoms with Crippen molar-refractivity contribution in [3.8, 4) is 28.4 Å². The quantitative estimate of drug-likeness (QED) is 0.235. The van der Waals surface area contributed by atoms with Gasteiger partial charge in [-0.1, -0.05) is 25.3 Å².